The summed E-state index contributed by atoms with van der Waals surface area (Å²) in [5.74, 6) is 0.584. The molecule has 0 aromatic carbocycles. The van der Waals surface area contributed by atoms with E-state index in [0.29, 0.717) is 11.1 Å². The lowest BCUT2D eigenvalue weighted by Gasteiger charge is -2.13. The lowest BCUT2D eigenvalue weighted by atomic mass is 10.1. The minimum absolute atomic E-state index is 0.215. The molecule has 0 saturated carbocycles. The van der Waals surface area contributed by atoms with Crippen LogP contribution in [0.3, 0.4) is 0 Å². The minimum atomic E-state index is -0.825. The Morgan fingerprint density at radius 1 is 1.27 bits per heavy atom. The van der Waals surface area contributed by atoms with Gasteiger partial charge in [-0.3, -0.25) is 9.55 Å². The monoisotopic (exact) mass is 413 g/mol. The molecule has 0 radical (unpaired) electrons. The van der Waals surface area contributed by atoms with E-state index < -0.39 is 24.1 Å². The molecule has 4 heterocycles. The smallest absolute Gasteiger partial charge is 0.353 e. The molecule has 0 bridgehead atoms. The van der Waals surface area contributed by atoms with Gasteiger partial charge in [0.25, 0.3) is 0 Å². The molecule has 3 aromatic rings. The van der Waals surface area contributed by atoms with Gasteiger partial charge in [0.2, 0.25) is 5.71 Å². The number of ether oxygens (including phenoxy) is 1. The highest BCUT2D eigenvalue weighted by molar-refractivity contribution is 5.78. The van der Waals surface area contributed by atoms with Crippen molar-refractivity contribution in [3.05, 3.63) is 46.8 Å². The molecule has 1 fully saturated rings. The molecular weight excluding hydrogens is 386 g/mol. The van der Waals surface area contributed by atoms with E-state index in [-0.39, 0.29) is 18.7 Å². The number of rotatable bonds is 8. The zero-order chi connectivity index (χ0) is 21.1. The largest absolute Gasteiger partial charge is 0.437 e. The highest BCUT2D eigenvalue weighted by Crippen LogP contribution is 2.30. The Balaban J connectivity index is 1.53. The van der Waals surface area contributed by atoms with Crippen LogP contribution >= 0.6 is 0 Å². The van der Waals surface area contributed by atoms with Crippen LogP contribution in [0, 0.1) is 0 Å². The maximum atomic E-state index is 12.4. The number of fused-ring (bicyclic) bond motifs is 1. The lowest BCUT2D eigenvalue weighted by Crippen LogP contribution is -2.27. The first-order valence-electron chi connectivity index (χ1n) is 10.5. The summed E-state index contributed by atoms with van der Waals surface area (Å²) in [5, 5.41) is 19.8. The van der Waals surface area contributed by atoms with Crippen LogP contribution in [0.25, 0.3) is 22.4 Å². The van der Waals surface area contributed by atoms with Crippen molar-refractivity contribution < 1.29 is 19.4 Å². The predicted octanol–water partition coefficient (Wildman–Crippen LogP) is 2.82. The van der Waals surface area contributed by atoms with Crippen molar-refractivity contribution >= 4 is 11.1 Å². The Kier molecular flexibility index (Phi) is 6.26. The topological polar surface area (TPSA) is 111 Å². The van der Waals surface area contributed by atoms with Gasteiger partial charge >= 0.3 is 5.69 Å². The third kappa shape index (κ3) is 4.30. The fourth-order valence-corrected chi connectivity index (χ4v) is 3.77. The van der Waals surface area contributed by atoms with Gasteiger partial charge in [0.1, 0.15) is 18.1 Å². The second-order valence-corrected chi connectivity index (χ2v) is 7.77. The Labute approximate surface area is 174 Å². The summed E-state index contributed by atoms with van der Waals surface area (Å²) in [6.07, 6.45) is 7.18. The number of aliphatic hydroxyl groups excluding tert-OH is 2. The van der Waals surface area contributed by atoms with Gasteiger partial charge in [-0.1, -0.05) is 26.2 Å². The molecule has 3 atom stereocenters. The quantitative estimate of drug-likeness (QED) is 0.546. The maximum absolute atomic E-state index is 12.4. The van der Waals surface area contributed by atoms with Crippen LogP contribution in [0.15, 0.2) is 39.8 Å². The zero-order valence-electron chi connectivity index (χ0n) is 17.0. The van der Waals surface area contributed by atoms with Crippen molar-refractivity contribution in [2.24, 2.45) is 0 Å². The number of aromatic nitrogens is 3. The maximum Gasteiger partial charge on any atom is 0.353 e. The minimum Gasteiger partial charge on any atom is -0.437 e. The van der Waals surface area contributed by atoms with E-state index in [1.807, 2.05) is 18.2 Å². The van der Waals surface area contributed by atoms with Crippen molar-refractivity contribution in [3.8, 4) is 11.3 Å². The van der Waals surface area contributed by atoms with Gasteiger partial charge in [0.05, 0.1) is 18.1 Å². The first kappa shape index (κ1) is 20.7. The molecule has 8 heteroatoms. The summed E-state index contributed by atoms with van der Waals surface area (Å²) in [5.41, 5.74) is 1.59. The highest BCUT2D eigenvalue weighted by Gasteiger charge is 2.35. The molecule has 30 heavy (non-hydrogen) atoms. The van der Waals surface area contributed by atoms with Gasteiger partial charge in [0, 0.05) is 30.1 Å². The van der Waals surface area contributed by atoms with Crippen LogP contribution in [0.1, 0.15) is 50.9 Å². The first-order chi connectivity index (χ1) is 14.6. The standard InChI is InChI=1S/C22H27N3O5/c1-2-3-4-5-6-16-8-7-14(11-23-16)18-9-15-12-25(22(28)24-21(15)30-18)20-10-17(27)19(13-26)29-20/h7-9,11-12,17,19-20,26-27H,2-6,10,13H2,1H3/t17-,19+,20+/m0/s1. The molecule has 2 N–H and O–H groups in total. The van der Waals surface area contributed by atoms with E-state index in [9.17, 15) is 15.0 Å². The van der Waals surface area contributed by atoms with Crippen molar-refractivity contribution in [2.45, 2.75) is 63.9 Å². The summed E-state index contributed by atoms with van der Waals surface area (Å²) in [7, 11) is 0. The van der Waals surface area contributed by atoms with E-state index in [2.05, 4.69) is 16.9 Å². The van der Waals surface area contributed by atoms with Crippen LogP contribution in [-0.4, -0.2) is 43.6 Å². The molecular formula is C22H27N3O5. The van der Waals surface area contributed by atoms with E-state index in [1.54, 1.807) is 12.4 Å². The molecule has 0 amide bonds. The highest BCUT2D eigenvalue weighted by atomic mass is 16.5. The van der Waals surface area contributed by atoms with E-state index in [1.165, 1.54) is 23.8 Å². The van der Waals surface area contributed by atoms with Gasteiger partial charge < -0.3 is 19.4 Å². The number of unbranched alkanes of at least 4 members (excludes halogenated alkanes) is 3. The van der Waals surface area contributed by atoms with E-state index >= 15 is 0 Å². The number of hydrogen-bond donors (Lipinski definition) is 2. The number of furan rings is 1. The van der Waals surface area contributed by atoms with E-state index in [4.69, 9.17) is 9.15 Å². The summed E-state index contributed by atoms with van der Waals surface area (Å²) in [4.78, 5) is 21.0. The van der Waals surface area contributed by atoms with Crippen LogP contribution in [-0.2, 0) is 11.2 Å². The Morgan fingerprint density at radius 2 is 2.13 bits per heavy atom. The Bertz CT molecular complexity index is 1040. The predicted molar refractivity (Wildman–Crippen MR) is 111 cm³/mol. The fraction of sp³-hybridized carbons (Fsp3) is 0.500. The van der Waals surface area contributed by atoms with Crippen molar-refractivity contribution in [1.29, 1.82) is 0 Å². The normalized spacial score (nSPS) is 21.5. The number of aliphatic hydroxyl groups is 2. The molecule has 0 aliphatic carbocycles. The van der Waals surface area contributed by atoms with Crippen LogP contribution in [0.4, 0.5) is 0 Å². The van der Waals surface area contributed by atoms with Gasteiger partial charge in [-0.25, -0.2) is 4.79 Å². The Morgan fingerprint density at radius 3 is 2.83 bits per heavy atom. The van der Waals surface area contributed by atoms with Crippen LogP contribution in [0.5, 0.6) is 0 Å². The molecule has 0 unspecified atom stereocenters. The fourth-order valence-electron chi connectivity index (χ4n) is 3.77. The summed E-state index contributed by atoms with van der Waals surface area (Å²) in [6.45, 7) is 1.89. The summed E-state index contributed by atoms with van der Waals surface area (Å²) in [6, 6.07) is 5.78. The molecule has 3 aromatic heterocycles. The summed E-state index contributed by atoms with van der Waals surface area (Å²) >= 11 is 0. The molecule has 4 rings (SSSR count). The summed E-state index contributed by atoms with van der Waals surface area (Å²) < 4.78 is 12.7. The van der Waals surface area contributed by atoms with Crippen LogP contribution in [0.2, 0.25) is 0 Å². The molecule has 0 spiro atoms. The number of hydrogen-bond acceptors (Lipinski definition) is 7. The molecule has 1 aliphatic heterocycles. The number of nitrogens with zero attached hydrogens (tertiary/aromatic N) is 3. The SMILES string of the molecule is CCCCCCc1ccc(-c2cc3cn([C@H]4C[C@H](O)[C@@H](CO)O4)c(=O)nc3o2)cn1. The number of aryl methyl sites for hydroxylation is 1. The molecule has 160 valence electrons. The van der Waals surface area contributed by atoms with Gasteiger partial charge in [-0.2, -0.15) is 4.98 Å². The number of pyridine rings is 1. The van der Waals surface area contributed by atoms with Crippen molar-refractivity contribution in [2.75, 3.05) is 6.61 Å². The van der Waals surface area contributed by atoms with Crippen molar-refractivity contribution in [3.63, 3.8) is 0 Å². The molecule has 1 aliphatic rings. The third-order valence-electron chi connectivity index (χ3n) is 5.53. The van der Waals surface area contributed by atoms with Crippen molar-refractivity contribution in [1.82, 2.24) is 14.5 Å². The van der Waals surface area contributed by atoms with Gasteiger partial charge in [0.15, 0.2) is 0 Å². The van der Waals surface area contributed by atoms with Gasteiger partial charge in [-0.05, 0) is 31.0 Å². The first-order valence-corrected chi connectivity index (χ1v) is 10.5. The van der Waals surface area contributed by atoms with Gasteiger partial charge in [-0.15, -0.1) is 0 Å². The second kappa shape index (κ2) is 9.07. The Hall–Kier alpha value is -2.55. The van der Waals surface area contributed by atoms with Crippen LogP contribution < -0.4 is 5.69 Å². The average Bonchev–Trinajstić information content (AvgIpc) is 3.33. The zero-order valence-corrected chi connectivity index (χ0v) is 17.0. The second-order valence-electron chi connectivity index (χ2n) is 7.77. The van der Waals surface area contributed by atoms with E-state index in [0.717, 1.165) is 24.1 Å². The molecule has 8 nitrogen and oxygen atoms in total. The third-order valence-corrected chi connectivity index (χ3v) is 5.53. The lowest BCUT2D eigenvalue weighted by molar-refractivity contribution is -0.0457. The average molecular weight is 413 g/mol. The molecule has 1 saturated heterocycles.